The lowest BCUT2D eigenvalue weighted by Gasteiger charge is -2.39. The quantitative estimate of drug-likeness (QED) is 0.705. The van der Waals surface area contributed by atoms with Crippen molar-refractivity contribution in [2.45, 2.75) is 65.5 Å². The standard InChI is InChI=1S/C19H32N6O2/c1-14-5-4-7-19(2,3)16(14)6-8-25-9-10-27-13-15(25)11-18(26)20-12-17-21-23-24-22-17/h15H,4-13H2,1-3H3,(H,20,26)(H,21,22,23,24)/t15-/m1/s1. The Morgan fingerprint density at radius 1 is 1.44 bits per heavy atom. The molecule has 0 radical (unpaired) electrons. The van der Waals surface area contributed by atoms with E-state index in [4.69, 9.17) is 4.74 Å². The van der Waals surface area contributed by atoms with Crippen LogP contribution in [0.2, 0.25) is 0 Å². The first-order valence-corrected chi connectivity index (χ1v) is 9.95. The van der Waals surface area contributed by atoms with Crippen molar-refractivity contribution < 1.29 is 9.53 Å². The molecule has 0 aromatic carbocycles. The number of tetrazole rings is 1. The SMILES string of the molecule is CC1=C(CCN2CCOC[C@H]2CC(=O)NCc2nn[nH]n2)C(C)(C)CCC1. The lowest BCUT2D eigenvalue weighted by Crippen LogP contribution is -2.48. The Morgan fingerprint density at radius 2 is 2.30 bits per heavy atom. The molecule has 3 rings (SSSR count). The normalized spacial score (nSPS) is 23.4. The van der Waals surface area contributed by atoms with Crippen LogP contribution >= 0.6 is 0 Å². The summed E-state index contributed by atoms with van der Waals surface area (Å²) in [4.78, 5) is 14.7. The monoisotopic (exact) mass is 376 g/mol. The van der Waals surface area contributed by atoms with Crippen LogP contribution in [-0.2, 0) is 16.1 Å². The number of aromatic amines is 1. The Labute approximate surface area is 161 Å². The molecule has 0 saturated carbocycles. The first-order chi connectivity index (χ1) is 13.0. The van der Waals surface area contributed by atoms with Gasteiger partial charge in [-0.2, -0.15) is 5.21 Å². The molecule has 1 amide bonds. The molecular formula is C19H32N6O2. The Kier molecular flexibility index (Phi) is 6.59. The lowest BCUT2D eigenvalue weighted by molar-refractivity contribution is -0.124. The second kappa shape index (κ2) is 8.93. The van der Waals surface area contributed by atoms with E-state index in [1.807, 2.05) is 0 Å². The Bertz CT molecular complexity index is 655. The Hall–Kier alpha value is -1.80. The molecule has 1 fully saturated rings. The molecule has 1 saturated heterocycles. The zero-order chi connectivity index (χ0) is 19.3. The van der Waals surface area contributed by atoms with E-state index < -0.39 is 0 Å². The van der Waals surface area contributed by atoms with Gasteiger partial charge in [0.2, 0.25) is 5.91 Å². The number of carbonyl (C=O) groups is 1. The lowest BCUT2D eigenvalue weighted by atomic mass is 9.71. The van der Waals surface area contributed by atoms with Crippen LogP contribution in [0.1, 0.15) is 58.7 Å². The van der Waals surface area contributed by atoms with Crippen LogP contribution in [0.5, 0.6) is 0 Å². The summed E-state index contributed by atoms with van der Waals surface area (Å²) in [6.07, 6.45) is 5.30. The molecule has 2 heterocycles. The van der Waals surface area contributed by atoms with E-state index in [9.17, 15) is 4.79 Å². The molecule has 1 atom stereocenters. The second-order valence-electron chi connectivity index (χ2n) is 8.32. The Morgan fingerprint density at radius 3 is 3.04 bits per heavy atom. The molecule has 0 bridgehead atoms. The average Bonchev–Trinajstić information content (AvgIpc) is 3.14. The van der Waals surface area contributed by atoms with Crippen LogP contribution in [-0.4, -0.2) is 63.8 Å². The van der Waals surface area contributed by atoms with E-state index in [0.29, 0.717) is 30.8 Å². The fourth-order valence-corrected chi connectivity index (χ4v) is 4.37. The summed E-state index contributed by atoms with van der Waals surface area (Å²) >= 11 is 0. The predicted molar refractivity (Wildman–Crippen MR) is 102 cm³/mol. The van der Waals surface area contributed by atoms with Crippen molar-refractivity contribution in [2.24, 2.45) is 5.41 Å². The van der Waals surface area contributed by atoms with Gasteiger partial charge in [0.15, 0.2) is 5.82 Å². The number of allylic oxidation sites excluding steroid dienone is 1. The van der Waals surface area contributed by atoms with E-state index in [0.717, 1.165) is 26.1 Å². The number of nitrogens with one attached hydrogen (secondary N) is 2. The zero-order valence-electron chi connectivity index (χ0n) is 16.8. The highest BCUT2D eigenvalue weighted by atomic mass is 16.5. The number of H-pyrrole nitrogens is 1. The zero-order valence-corrected chi connectivity index (χ0v) is 16.8. The average molecular weight is 377 g/mol. The van der Waals surface area contributed by atoms with Gasteiger partial charge in [-0.1, -0.05) is 30.2 Å². The first kappa shape index (κ1) is 19.9. The van der Waals surface area contributed by atoms with Gasteiger partial charge in [0.25, 0.3) is 0 Å². The van der Waals surface area contributed by atoms with Crippen LogP contribution in [0.4, 0.5) is 0 Å². The third-order valence-corrected chi connectivity index (χ3v) is 5.94. The molecule has 27 heavy (non-hydrogen) atoms. The highest BCUT2D eigenvalue weighted by Gasteiger charge is 2.30. The van der Waals surface area contributed by atoms with Gasteiger partial charge >= 0.3 is 0 Å². The van der Waals surface area contributed by atoms with Gasteiger partial charge in [-0.05, 0) is 38.0 Å². The molecular weight excluding hydrogens is 344 g/mol. The highest BCUT2D eigenvalue weighted by Crippen LogP contribution is 2.41. The van der Waals surface area contributed by atoms with Crippen molar-refractivity contribution in [3.05, 3.63) is 17.0 Å². The van der Waals surface area contributed by atoms with Crippen LogP contribution in [0.3, 0.4) is 0 Å². The summed E-state index contributed by atoms with van der Waals surface area (Å²) in [6, 6.07) is 0.122. The number of carbonyl (C=O) groups excluding carboxylic acids is 1. The van der Waals surface area contributed by atoms with Gasteiger partial charge in [-0.3, -0.25) is 9.69 Å². The van der Waals surface area contributed by atoms with Crippen LogP contribution in [0.25, 0.3) is 0 Å². The fraction of sp³-hybridized carbons (Fsp3) is 0.789. The van der Waals surface area contributed by atoms with Gasteiger partial charge in [0.05, 0.1) is 19.8 Å². The molecule has 8 heteroatoms. The van der Waals surface area contributed by atoms with Gasteiger partial charge in [0.1, 0.15) is 0 Å². The molecule has 0 unspecified atom stereocenters. The van der Waals surface area contributed by atoms with Gasteiger partial charge in [0, 0.05) is 25.6 Å². The van der Waals surface area contributed by atoms with Crippen molar-refractivity contribution in [1.29, 1.82) is 0 Å². The van der Waals surface area contributed by atoms with Crippen molar-refractivity contribution in [3.8, 4) is 0 Å². The summed E-state index contributed by atoms with van der Waals surface area (Å²) < 4.78 is 5.64. The summed E-state index contributed by atoms with van der Waals surface area (Å²) in [5.74, 6) is 0.482. The number of morpholine rings is 1. The second-order valence-corrected chi connectivity index (χ2v) is 8.32. The fourth-order valence-electron chi connectivity index (χ4n) is 4.37. The summed E-state index contributed by atoms with van der Waals surface area (Å²) in [5.41, 5.74) is 3.47. The van der Waals surface area contributed by atoms with Gasteiger partial charge in [-0.15, -0.1) is 10.2 Å². The van der Waals surface area contributed by atoms with Gasteiger partial charge in [-0.25, -0.2) is 0 Å². The molecule has 2 N–H and O–H groups in total. The summed E-state index contributed by atoms with van der Waals surface area (Å²) in [5, 5.41) is 16.4. The molecule has 1 aliphatic heterocycles. The molecule has 1 aromatic rings. The molecule has 1 aromatic heterocycles. The van der Waals surface area contributed by atoms with Crippen molar-refractivity contribution in [2.75, 3.05) is 26.3 Å². The third-order valence-electron chi connectivity index (χ3n) is 5.94. The maximum Gasteiger partial charge on any atom is 0.222 e. The van der Waals surface area contributed by atoms with E-state index in [1.165, 1.54) is 19.3 Å². The summed E-state index contributed by atoms with van der Waals surface area (Å²) in [6.45, 7) is 10.5. The topological polar surface area (TPSA) is 96.0 Å². The molecule has 0 spiro atoms. The number of rotatable bonds is 7. The minimum atomic E-state index is -0.00584. The number of aromatic nitrogens is 4. The van der Waals surface area contributed by atoms with Crippen LogP contribution in [0.15, 0.2) is 11.1 Å². The highest BCUT2D eigenvalue weighted by molar-refractivity contribution is 5.76. The molecule has 8 nitrogen and oxygen atoms in total. The maximum absolute atomic E-state index is 12.3. The Balaban J connectivity index is 1.53. The van der Waals surface area contributed by atoms with E-state index in [1.54, 1.807) is 11.1 Å². The van der Waals surface area contributed by atoms with Crippen LogP contribution < -0.4 is 5.32 Å². The number of nitrogens with zero attached hydrogens (tertiary/aromatic N) is 4. The number of amides is 1. The van der Waals surface area contributed by atoms with Crippen molar-refractivity contribution >= 4 is 5.91 Å². The smallest absolute Gasteiger partial charge is 0.222 e. The minimum absolute atomic E-state index is 0.00584. The number of ether oxygens (including phenoxy) is 1. The van der Waals surface area contributed by atoms with Crippen molar-refractivity contribution in [3.63, 3.8) is 0 Å². The largest absolute Gasteiger partial charge is 0.378 e. The molecule has 150 valence electrons. The maximum atomic E-state index is 12.3. The summed E-state index contributed by atoms with van der Waals surface area (Å²) in [7, 11) is 0. The number of hydrogen-bond acceptors (Lipinski definition) is 6. The molecule has 1 aliphatic carbocycles. The first-order valence-electron chi connectivity index (χ1n) is 9.95. The third kappa shape index (κ3) is 5.35. The van der Waals surface area contributed by atoms with E-state index in [-0.39, 0.29) is 11.9 Å². The van der Waals surface area contributed by atoms with E-state index >= 15 is 0 Å². The molecule has 2 aliphatic rings. The predicted octanol–water partition coefficient (Wildman–Crippen LogP) is 1.82. The number of hydrogen-bond donors (Lipinski definition) is 2. The van der Waals surface area contributed by atoms with Crippen LogP contribution in [0, 0.1) is 5.41 Å². The van der Waals surface area contributed by atoms with Crippen molar-refractivity contribution in [1.82, 2.24) is 30.8 Å². The van der Waals surface area contributed by atoms with E-state index in [2.05, 4.69) is 51.6 Å². The minimum Gasteiger partial charge on any atom is -0.378 e. The van der Waals surface area contributed by atoms with Gasteiger partial charge < -0.3 is 10.1 Å².